The highest BCUT2D eigenvalue weighted by Gasteiger charge is 1.99. The van der Waals surface area contributed by atoms with Crippen LogP contribution in [-0.4, -0.2) is 34.6 Å². The highest BCUT2D eigenvalue weighted by atomic mass is 127. The Morgan fingerprint density at radius 3 is 2.70 bits per heavy atom. The lowest BCUT2D eigenvalue weighted by molar-refractivity contribution is 0.766. The second-order valence-corrected chi connectivity index (χ2v) is 5.97. The van der Waals surface area contributed by atoms with E-state index >= 15 is 0 Å². The predicted molar refractivity (Wildman–Crippen MR) is 109 cm³/mol. The molecule has 0 spiro atoms. The van der Waals surface area contributed by atoms with Gasteiger partial charge in [-0.25, -0.2) is 4.99 Å². The minimum Gasteiger partial charge on any atom is -0.357 e. The molecular formula is C16H24IN5S. The topological polar surface area (TPSA) is 54.2 Å². The van der Waals surface area contributed by atoms with Crippen LogP contribution < -0.4 is 10.6 Å². The van der Waals surface area contributed by atoms with Crippen molar-refractivity contribution in [3.05, 3.63) is 48.3 Å². The van der Waals surface area contributed by atoms with Crippen LogP contribution in [-0.2, 0) is 13.6 Å². The molecule has 0 aliphatic carbocycles. The van der Waals surface area contributed by atoms with Gasteiger partial charge in [0.1, 0.15) is 0 Å². The van der Waals surface area contributed by atoms with Crippen LogP contribution in [0, 0.1) is 0 Å². The van der Waals surface area contributed by atoms with E-state index < -0.39 is 0 Å². The molecule has 23 heavy (non-hydrogen) atoms. The maximum Gasteiger partial charge on any atom is 0.191 e. The van der Waals surface area contributed by atoms with Gasteiger partial charge in [-0.3, -0.25) is 4.68 Å². The van der Waals surface area contributed by atoms with E-state index in [9.17, 15) is 0 Å². The molecule has 0 aliphatic heterocycles. The molecule has 0 atom stereocenters. The summed E-state index contributed by atoms with van der Waals surface area (Å²) in [6.45, 7) is 4.43. The molecule has 0 amide bonds. The molecule has 0 bridgehead atoms. The number of aliphatic imine (C=N–C) groups is 1. The molecule has 1 aromatic carbocycles. The summed E-state index contributed by atoms with van der Waals surface area (Å²) in [6, 6.07) is 10.4. The van der Waals surface area contributed by atoms with Crippen molar-refractivity contribution in [2.24, 2.45) is 12.0 Å². The molecule has 7 heteroatoms. The number of aromatic nitrogens is 2. The van der Waals surface area contributed by atoms with Crippen LogP contribution in [0.4, 0.5) is 0 Å². The molecule has 126 valence electrons. The van der Waals surface area contributed by atoms with E-state index in [-0.39, 0.29) is 24.0 Å². The zero-order valence-corrected chi connectivity index (χ0v) is 16.7. The Bertz CT molecular complexity index is 585. The molecule has 0 saturated carbocycles. The number of halogens is 1. The number of nitrogens with one attached hydrogen (secondary N) is 2. The lowest BCUT2D eigenvalue weighted by Crippen LogP contribution is -2.38. The fourth-order valence-electron chi connectivity index (χ4n) is 1.92. The Morgan fingerprint density at radius 1 is 1.26 bits per heavy atom. The van der Waals surface area contributed by atoms with Gasteiger partial charge in [0.2, 0.25) is 0 Å². The summed E-state index contributed by atoms with van der Waals surface area (Å²) in [6.07, 6.45) is 3.83. The first-order valence-electron chi connectivity index (χ1n) is 7.45. The molecule has 0 radical (unpaired) electrons. The SMILES string of the molecule is CCNC(=NCc1cnn(C)c1)NCCSc1ccccc1.I. The van der Waals surface area contributed by atoms with E-state index in [0.717, 1.165) is 30.4 Å². The van der Waals surface area contributed by atoms with Crippen molar-refractivity contribution in [2.75, 3.05) is 18.8 Å². The third-order valence-corrected chi connectivity index (χ3v) is 3.94. The molecule has 2 aromatic rings. The Hall–Kier alpha value is -1.22. The Morgan fingerprint density at radius 2 is 2.04 bits per heavy atom. The Balaban J connectivity index is 0.00000264. The van der Waals surface area contributed by atoms with E-state index in [1.807, 2.05) is 37.3 Å². The minimum absolute atomic E-state index is 0. The van der Waals surface area contributed by atoms with Crippen molar-refractivity contribution >= 4 is 41.7 Å². The summed E-state index contributed by atoms with van der Waals surface area (Å²) < 4.78 is 1.79. The number of guanidine groups is 1. The molecule has 0 fully saturated rings. The number of benzene rings is 1. The van der Waals surface area contributed by atoms with Gasteiger partial charge in [0.25, 0.3) is 0 Å². The Labute approximate surface area is 159 Å². The fraction of sp³-hybridized carbons (Fsp3) is 0.375. The van der Waals surface area contributed by atoms with Gasteiger partial charge in [-0.05, 0) is 19.1 Å². The van der Waals surface area contributed by atoms with Crippen molar-refractivity contribution in [3.8, 4) is 0 Å². The van der Waals surface area contributed by atoms with Gasteiger partial charge < -0.3 is 10.6 Å². The Kier molecular flexibility index (Phi) is 9.77. The number of rotatable bonds is 7. The lowest BCUT2D eigenvalue weighted by Gasteiger charge is -2.10. The van der Waals surface area contributed by atoms with Crippen molar-refractivity contribution in [3.63, 3.8) is 0 Å². The molecule has 1 aromatic heterocycles. The average molecular weight is 445 g/mol. The van der Waals surface area contributed by atoms with Gasteiger partial charge in [0.05, 0.1) is 12.7 Å². The maximum atomic E-state index is 4.57. The van der Waals surface area contributed by atoms with E-state index in [4.69, 9.17) is 0 Å². The average Bonchev–Trinajstić information content (AvgIpc) is 2.95. The van der Waals surface area contributed by atoms with Gasteiger partial charge in [-0.15, -0.1) is 35.7 Å². The summed E-state index contributed by atoms with van der Waals surface area (Å²) in [4.78, 5) is 5.87. The summed E-state index contributed by atoms with van der Waals surface area (Å²) in [5, 5.41) is 10.8. The number of hydrogen-bond acceptors (Lipinski definition) is 3. The number of thioether (sulfide) groups is 1. The second-order valence-electron chi connectivity index (χ2n) is 4.81. The van der Waals surface area contributed by atoms with Gasteiger partial charge in [-0.2, -0.15) is 5.10 Å². The van der Waals surface area contributed by atoms with Crippen LogP contribution in [0.2, 0.25) is 0 Å². The van der Waals surface area contributed by atoms with Crippen LogP contribution >= 0.6 is 35.7 Å². The first-order valence-corrected chi connectivity index (χ1v) is 8.44. The third kappa shape index (κ3) is 7.74. The normalized spacial score (nSPS) is 11.0. The zero-order valence-electron chi connectivity index (χ0n) is 13.5. The summed E-state index contributed by atoms with van der Waals surface area (Å²) in [5.74, 6) is 1.85. The fourth-order valence-corrected chi connectivity index (χ4v) is 2.71. The molecular weight excluding hydrogens is 421 g/mol. The van der Waals surface area contributed by atoms with Crippen LogP contribution in [0.25, 0.3) is 0 Å². The smallest absolute Gasteiger partial charge is 0.191 e. The highest BCUT2D eigenvalue weighted by Crippen LogP contribution is 2.15. The third-order valence-electron chi connectivity index (χ3n) is 2.93. The van der Waals surface area contributed by atoms with Crippen LogP contribution in [0.1, 0.15) is 12.5 Å². The number of aryl methyl sites for hydroxylation is 1. The maximum absolute atomic E-state index is 4.57. The standard InChI is InChI=1S/C16H23N5S.HI/c1-3-17-16(19-11-14-12-20-21(2)13-14)18-9-10-22-15-7-5-4-6-8-15;/h4-8,12-13H,3,9-11H2,1-2H3,(H2,17,18,19);1H. The predicted octanol–water partition coefficient (Wildman–Crippen LogP) is 2.89. The molecule has 2 rings (SSSR count). The van der Waals surface area contributed by atoms with E-state index in [1.165, 1.54) is 4.90 Å². The zero-order chi connectivity index (χ0) is 15.6. The van der Waals surface area contributed by atoms with Crippen LogP contribution in [0.15, 0.2) is 52.6 Å². The quantitative estimate of drug-likeness (QED) is 0.226. The van der Waals surface area contributed by atoms with Crippen LogP contribution in [0.5, 0.6) is 0 Å². The van der Waals surface area contributed by atoms with Gasteiger partial charge in [0.15, 0.2) is 5.96 Å². The minimum atomic E-state index is 0. The van der Waals surface area contributed by atoms with Crippen molar-refractivity contribution in [2.45, 2.75) is 18.4 Å². The van der Waals surface area contributed by atoms with Crippen LogP contribution in [0.3, 0.4) is 0 Å². The monoisotopic (exact) mass is 445 g/mol. The number of hydrogen-bond donors (Lipinski definition) is 2. The lowest BCUT2D eigenvalue weighted by atomic mass is 10.4. The first kappa shape index (κ1) is 19.8. The molecule has 1 heterocycles. The molecule has 5 nitrogen and oxygen atoms in total. The van der Waals surface area contributed by atoms with E-state index in [2.05, 4.69) is 51.9 Å². The summed E-state index contributed by atoms with van der Waals surface area (Å²) in [5.41, 5.74) is 1.11. The largest absolute Gasteiger partial charge is 0.357 e. The molecule has 2 N–H and O–H groups in total. The van der Waals surface area contributed by atoms with Gasteiger partial charge >= 0.3 is 0 Å². The number of nitrogens with zero attached hydrogens (tertiary/aromatic N) is 3. The van der Waals surface area contributed by atoms with Gasteiger partial charge in [0, 0.05) is 42.5 Å². The van der Waals surface area contributed by atoms with Crippen molar-refractivity contribution < 1.29 is 0 Å². The summed E-state index contributed by atoms with van der Waals surface area (Å²) in [7, 11) is 1.91. The van der Waals surface area contributed by atoms with E-state index in [1.54, 1.807) is 4.68 Å². The second kappa shape index (κ2) is 11.3. The van der Waals surface area contributed by atoms with Gasteiger partial charge in [-0.1, -0.05) is 18.2 Å². The first-order chi connectivity index (χ1) is 10.8. The van der Waals surface area contributed by atoms with E-state index in [0.29, 0.717) is 6.54 Å². The summed E-state index contributed by atoms with van der Waals surface area (Å²) >= 11 is 1.84. The molecule has 0 aliphatic rings. The highest BCUT2D eigenvalue weighted by molar-refractivity contribution is 14.0. The van der Waals surface area contributed by atoms with Crippen molar-refractivity contribution in [1.82, 2.24) is 20.4 Å². The molecule has 0 saturated heterocycles. The molecule has 0 unspecified atom stereocenters. The van der Waals surface area contributed by atoms with Crippen molar-refractivity contribution in [1.29, 1.82) is 0 Å².